The number of phenolic OH excluding ortho intramolecular Hbond substituents is 1. The Morgan fingerprint density at radius 2 is 1.85 bits per heavy atom. The van der Waals surface area contributed by atoms with E-state index < -0.39 is 5.97 Å². The highest BCUT2D eigenvalue weighted by atomic mass is 16.4. The van der Waals surface area contributed by atoms with Crippen molar-refractivity contribution in [2.45, 2.75) is 13.8 Å². The lowest BCUT2D eigenvalue weighted by atomic mass is 10.1. The van der Waals surface area contributed by atoms with E-state index in [4.69, 9.17) is 0 Å². The molecule has 0 aliphatic heterocycles. The van der Waals surface area contributed by atoms with Gasteiger partial charge in [0.05, 0.1) is 11.0 Å². The van der Waals surface area contributed by atoms with E-state index in [1.807, 2.05) is 32.0 Å². The van der Waals surface area contributed by atoms with Gasteiger partial charge in [0.25, 0.3) is 0 Å². The summed E-state index contributed by atoms with van der Waals surface area (Å²) in [6.07, 6.45) is 0. The third-order valence-corrected chi connectivity index (χ3v) is 4.56. The fourth-order valence-corrected chi connectivity index (χ4v) is 3.05. The van der Waals surface area contributed by atoms with Crippen LogP contribution in [0.4, 0.5) is 11.5 Å². The molecule has 0 saturated carbocycles. The molecular formula is C20H17N3O3. The number of hydrogen-bond acceptors (Lipinski definition) is 4. The molecule has 0 spiro atoms. The molecule has 0 aliphatic rings. The summed E-state index contributed by atoms with van der Waals surface area (Å²) in [5.74, 6) is -0.527. The van der Waals surface area contributed by atoms with Crippen LogP contribution in [0.1, 0.15) is 21.6 Å². The van der Waals surface area contributed by atoms with Crippen molar-refractivity contribution in [1.82, 2.24) is 9.97 Å². The number of benzene rings is 2. The molecule has 26 heavy (non-hydrogen) atoms. The summed E-state index contributed by atoms with van der Waals surface area (Å²) in [6, 6.07) is 12.4. The number of anilines is 2. The number of fused-ring (bicyclic) bond motifs is 3. The quantitative estimate of drug-likeness (QED) is 0.438. The predicted octanol–water partition coefficient (Wildman–Crippen LogP) is 4.48. The van der Waals surface area contributed by atoms with Gasteiger partial charge in [-0.2, -0.15) is 0 Å². The Bertz CT molecular complexity index is 1180. The number of aromatic hydroxyl groups is 1. The van der Waals surface area contributed by atoms with Crippen LogP contribution in [0.2, 0.25) is 0 Å². The number of nitrogens with zero attached hydrogens (tertiary/aromatic N) is 1. The number of aromatic nitrogens is 2. The Kier molecular flexibility index (Phi) is 3.54. The lowest BCUT2D eigenvalue weighted by Gasteiger charge is -2.10. The van der Waals surface area contributed by atoms with Gasteiger partial charge < -0.3 is 20.5 Å². The van der Waals surface area contributed by atoms with E-state index in [0.717, 1.165) is 22.0 Å². The number of carboxylic acid groups (broad SMARTS) is 1. The molecule has 0 radical (unpaired) electrons. The Morgan fingerprint density at radius 3 is 2.58 bits per heavy atom. The number of carbonyl (C=O) groups is 1. The standard InChI is InChI=1S/C20H17N3O3/c1-10-3-4-12(7-11(10)2)21-19-18-15(9-17(23-19)20(25)26)14-6-5-13(24)8-16(14)22-18/h3-9,22,24H,1-2H3,(H,21,23)(H,25,26). The Morgan fingerprint density at radius 1 is 1.04 bits per heavy atom. The zero-order chi connectivity index (χ0) is 18.4. The molecule has 0 aliphatic carbocycles. The van der Waals surface area contributed by atoms with Gasteiger partial charge in [-0.25, -0.2) is 9.78 Å². The van der Waals surface area contributed by atoms with Crippen molar-refractivity contribution >= 4 is 39.3 Å². The Hall–Kier alpha value is -3.54. The number of carboxylic acids is 1. The summed E-state index contributed by atoms with van der Waals surface area (Å²) in [7, 11) is 0. The Balaban J connectivity index is 1.95. The minimum Gasteiger partial charge on any atom is -0.508 e. The molecule has 0 unspecified atom stereocenters. The highest BCUT2D eigenvalue weighted by molar-refractivity contribution is 6.12. The van der Waals surface area contributed by atoms with Crippen LogP contribution in [-0.2, 0) is 0 Å². The molecule has 0 atom stereocenters. The molecule has 4 rings (SSSR count). The van der Waals surface area contributed by atoms with E-state index in [9.17, 15) is 15.0 Å². The number of aryl methyl sites for hydroxylation is 2. The minimum atomic E-state index is -1.09. The van der Waals surface area contributed by atoms with E-state index in [1.54, 1.807) is 24.3 Å². The number of aromatic carboxylic acids is 1. The second-order valence-corrected chi connectivity index (χ2v) is 6.36. The fourth-order valence-electron chi connectivity index (χ4n) is 3.05. The average molecular weight is 347 g/mol. The van der Waals surface area contributed by atoms with Crippen molar-refractivity contribution < 1.29 is 15.0 Å². The third kappa shape index (κ3) is 2.61. The molecule has 0 bridgehead atoms. The van der Waals surface area contributed by atoms with E-state index in [0.29, 0.717) is 16.9 Å². The van der Waals surface area contributed by atoms with E-state index in [-0.39, 0.29) is 11.4 Å². The molecule has 4 aromatic rings. The normalized spacial score (nSPS) is 11.2. The second kappa shape index (κ2) is 5.77. The van der Waals surface area contributed by atoms with Crippen molar-refractivity contribution in [2.75, 3.05) is 5.32 Å². The van der Waals surface area contributed by atoms with E-state index in [1.165, 1.54) is 5.56 Å². The second-order valence-electron chi connectivity index (χ2n) is 6.36. The number of phenols is 1. The summed E-state index contributed by atoms with van der Waals surface area (Å²) in [5, 5.41) is 23.9. The van der Waals surface area contributed by atoms with Crippen LogP contribution >= 0.6 is 0 Å². The first-order chi connectivity index (χ1) is 12.4. The summed E-state index contributed by atoms with van der Waals surface area (Å²) < 4.78 is 0. The lowest BCUT2D eigenvalue weighted by molar-refractivity contribution is 0.0691. The maximum atomic E-state index is 11.5. The van der Waals surface area contributed by atoms with Gasteiger partial charge in [-0.1, -0.05) is 6.07 Å². The van der Waals surface area contributed by atoms with Crippen molar-refractivity contribution in [2.24, 2.45) is 0 Å². The molecular weight excluding hydrogens is 330 g/mol. The summed E-state index contributed by atoms with van der Waals surface area (Å²) in [5.41, 5.74) is 4.49. The van der Waals surface area contributed by atoms with Crippen molar-refractivity contribution in [3.05, 3.63) is 59.3 Å². The fraction of sp³-hybridized carbons (Fsp3) is 0.100. The van der Waals surface area contributed by atoms with Gasteiger partial charge in [0.1, 0.15) is 5.75 Å². The molecule has 130 valence electrons. The molecule has 6 heteroatoms. The number of rotatable bonds is 3. The van der Waals surface area contributed by atoms with Gasteiger partial charge >= 0.3 is 5.97 Å². The van der Waals surface area contributed by atoms with Crippen molar-refractivity contribution in [3.63, 3.8) is 0 Å². The van der Waals surface area contributed by atoms with Gasteiger partial charge in [0.2, 0.25) is 0 Å². The van der Waals surface area contributed by atoms with Crippen LogP contribution in [0.5, 0.6) is 5.75 Å². The molecule has 0 fully saturated rings. The Labute approximate surface area is 149 Å². The summed E-state index contributed by atoms with van der Waals surface area (Å²) in [6.45, 7) is 4.05. The van der Waals surface area contributed by atoms with Crippen LogP contribution in [0.25, 0.3) is 21.8 Å². The zero-order valence-corrected chi connectivity index (χ0v) is 14.3. The van der Waals surface area contributed by atoms with Gasteiger partial charge in [-0.15, -0.1) is 0 Å². The zero-order valence-electron chi connectivity index (χ0n) is 14.3. The van der Waals surface area contributed by atoms with Gasteiger partial charge in [-0.3, -0.25) is 0 Å². The first kappa shape index (κ1) is 16.0. The molecule has 0 amide bonds. The maximum Gasteiger partial charge on any atom is 0.354 e. The number of nitrogens with one attached hydrogen (secondary N) is 2. The highest BCUT2D eigenvalue weighted by Crippen LogP contribution is 2.33. The van der Waals surface area contributed by atoms with Crippen molar-refractivity contribution in [3.8, 4) is 5.75 Å². The van der Waals surface area contributed by atoms with E-state index >= 15 is 0 Å². The maximum absolute atomic E-state index is 11.5. The van der Waals surface area contributed by atoms with Gasteiger partial charge in [0, 0.05) is 22.5 Å². The number of hydrogen-bond donors (Lipinski definition) is 4. The minimum absolute atomic E-state index is 0.0437. The molecule has 2 heterocycles. The number of pyridine rings is 1. The van der Waals surface area contributed by atoms with Crippen LogP contribution in [0.3, 0.4) is 0 Å². The van der Waals surface area contributed by atoms with Crippen LogP contribution < -0.4 is 5.32 Å². The van der Waals surface area contributed by atoms with Crippen molar-refractivity contribution in [1.29, 1.82) is 0 Å². The van der Waals surface area contributed by atoms with Crippen LogP contribution in [-0.4, -0.2) is 26.2 Å². The van der Waals surface area contributed by atoms with Gasteiger partial charge in [0.15, 0.2) is 11.5 Å². The predicted molar refractivity (Wildman–Crippen MR) is 101 cm³/mol. The number of H-pyrrole nitrogens is 1. The first-order valence-corrected chi connectivity index (χ1v) is 8.15. The molecule has 0 saturated heterocycles. The average Bonchev–Trinajstić information content (AvgIpc) is 2.96. The SMILES string of the molecule is Cc1ccc(Nc2nc(C(=O)O)cc3c2[nH]c2cc(O)ccc23)cc1C. The summed E-state index contributed by atoms with van der Waals surface area (Å²) >= 11 is 0. The largest absolute Gasteiger partial charge is 0.508 e. The van der Waals surface area contributed by atoms with Crippen LogP contribution in [0, 0.1) is 13.8 Å². The van der Waals surface area contributed by atoms with Gasteiger partial charge in [-0.05, 0) is 55.3 Å². The smallest absolute Gasteiger partial charge is 0.354 e. The summed E-state index contributed by atoms with van der Waals surface area (Å²) in [4.78, 5) is 19.0. The molecule has 2 aromatic heterocycles. The third-order valence-electron chi connectivity index (χ3n) is 4.56. The topological polar surface area (TPSA) is 98.2 Å². The highest BCUT2D eigenvalue weighted by Gasteiger charge is 2.16. The van der Waals surface area contributed by atoms with E-state index in [2.05, 4.69) is 15.3 Å². The monoisotopic (exact) mass is 347 g/mol. The first-order valence-electron chi connectivity index (χ1n) is 8.15. The lowest BCUT2D eigenvalue weighted by Crippen LogP contribution is -2.04. The molecule has 6 nitrogen and oxygen atoms in total. The number of aromatic amines is 1. The molecule has 4 N–H and O–H groups in total. The molecule has 2 aromatic carbocycles. The van der Waals surface area contributed by atoms with Crippen LogP contribution in [0.15, 0.2) is 42.5 Å².